The van der Waals surface area contributed by atoms with Crippen molar-refractivity contribution < 1.29 is 9.53 Å². The molecule has 1 atom stereocenters. The normalized spacial score (nSPS) is 19.5. The lowest BCUT2D eigenvalue weighted by molar-refractivity contribution is 0.0948. The Labute approximate surface area is 114 Å². The van der Waals surface area contributed by atoms with Crippen LogP contribution in [-0.4, -0.2) is 30.8 Å². The molecule has 104 valence electrons. The van der Waals surface area contributed by atoms with Gasteiger partial charge < -0.3 is 10.1 Å². The molecular formula is C15H22N2O2. The lowest BCUT2D eigenvalue weighted by Gasteiger charge is -2.21. The lowest BCUT2D eigenvalue weighted by Crippen LogP contribution is -2.41. The Hall–Kier alpha value is -1.55. The molecule has 1 aromatic rings. The number of benzene rings is 1. The number of ether oxygens (including phenoxy) is 1. The third kappa shape index (κ3) is 3.96. The highest BCUT2D eigenvalue weighted by molar-refractivity contribution is 5.74. The number of carbonyl (C=O) groups excluding carboxylic acids is 1. The maximum Gasteiger partial charge on any atom is 0.319 e. The molecule has 4 heteroatoms. The first-order valence-electron chi connectivity index (χ1n) is 6.65. The molecule has 0 saturated carbocycles. The second-order valence-electron chi connectivity index (χ2n) is 6.14. The Balaban J connectivity index is 1.86. The number of nitrogens with one attached hydrogen (secondary N) is 1. The summed E-state index contributed by atoms with van der Waals surface area (Å²) in [6.45, 7) is 7.93. The number of hydrogen-bond donors (Lipinski definition) is 1. The summed E-state index contributed by atoms with van der Waals surface area (Å²) in [5, 5.41) is 2.94. The first-order valence-corrected chi connectivity index (χ1v) is 6.65. The average molecular weight is 262 g/mol. The highest BCUT2D eigenvalue weighted by Gasteiger charge is 2.28. The van der Waals surface area contributed by atoms with Crippen LogP contribution in [0.4, 0.5) is 4.79 Å². The van der Waals surface area contributed by atoms with Gasteiger partial charge >= 0.3 is 6.03 Å². The van der Waals surface area contributed by atoms with E-state index < -0.39 is 0 Å². The molecule has 1 N–H and O–H groups in total. The minimum absolute atomic E-state index is 0.0124. The molecule has 1 unspecified atom stereocenters. The van der Waals surface area contributed by atoms with Crippen LogP contribution in [0.1, 0.15) is 32.4 Å². The van der Waals surface area contributed by atoms with E-state index in [0.29, 0.717) is 19.8 Å². The molecule has 1 aromatic carbocycles. The van der Waals surface area contributed by atoms with E-state index in [2.05, 4.69) is 26.1 Å². The molecule has 1 fully saturated rings. The van der Waals surface area contributed by atoms with Gasteiger partial charge in [-0.15, -0.1) is 0 Å². The Kier molecular flexibility index (Phi) is 4.10. The first-order chi connectivity index (χ1) is 8.96. The number of nitrogens with zero attached hydrogens (tertiary/aromatic N) is 1. The molecule has 2 amide bonds. The Bertz CT molecular complexity index is 426. The van der Waals surface area contributed by atoms with Gasteiger partial charge in [-0.2, -0.15) is 0 Å². The van der Waals surface area contributed by atoms with E-state index >= 15 is 0 Å². The van der Waals surface area contributed by atoms with Crippen molar-refractivity contribution in [2.24, 2.45) is 5.41 Å². The molecule has 1 heterocycles. The van der Waals surface area contributed by atoms with Crippen LogP contribution in [0.25, 0.3) is 0 Å². The standard InChI is InChI=1S/C15H22N2O2/c1-15(2,3)10-16-14(18)17-9-13(19-11-17)12-7-5-4-6-8-12/h4-8,13H,9-11H2,1-3H3,(H,16,18). The molecule has 2 rings (SSSR count). The Morgan fingerprint density at radius 3 is 2.68 bits per heavy atom. The van der Waals surface area contributed by atoms with Crippen LogP contribution >= 0.6 is 0 Å². The highest BCUT2D eigenvalue weighted by Crippen LogP contribution is 2.24. The van der Waals surface area contributed by atoms with E-state index in [1.165, 1.54) is 0 Å². The van der Waals surface area contributed by atoms with Crippen LogP contribution in [0.3, 0.4) is 0 Å². The van der Waals surface area contributed by atoms with Gasteiger partial charge in [-0.05, 0) is 11.0 Å². The maximum atomic E-state index is 12.0. The van der Waals surface area contributed by atoms with Crippen LogP contribution < -0.4 is 5.32 Å². The monoisotopic (exact) mass is 262 g/mol. The number of urea groups is 1. The predicted octanol–water partition coefficient (Wildman–Crippen LogP) is 2.77. The van der Waals surface area contributed by atoms with Gasteiger partial charge in [0.1, 0.15) is 12.8 Å². The summed E-state index contributed by atoms with van der Waals surface area (Å²) < 4.78 is 5.67. The van der Waals surface area contributed by atoms with Gasteiger partial charge in [0.15, 0.2) is 0 Å². The van der Waals surface area contributed by atoms with Gasteiger partial charge in [0.25, 0.3) is 0 Å². The van der Waals surface area contributed by atoms with Crippen molar-refractivity contribution in [2.45, 2.75) is 26.9 Å². The van der Waals surface area contributed by atoms with Crippen LogP contribution in [0.15, 0.2) is 30.3 Å². The van der Waals surface area contributed by atoms with Crippen LogP contribution in [-0.2, 0) is 4.74 Å². The quantitative estimate of drug-likeness (QED) is 0.890. The van der Waals surface area contributed by atoms with Crippen molar-refractivity contribution in [3.8, 4) is 0 Å². The van der Waals surface area contributed by atoms with Crippen molar-refractivity contribution in [3.63, 3.8) is 0 Å². The average Bonchev–Trinajstić information content (AvgIpc) is 2.86. The van der Waals surface area contributed by atoms with E-state index in [0.717, 1.165) is 5.56 Å². The fraction of sp³-hybridized carbons (Fsp3) is 0.533. The lowest BCUT2D eigenvalue weighted by atomic mass is 9.97. The molecule has 0 spiro atoms. The summed E-state index contributed by atoms with van der Waals surface area (Å²) in [5.74, 6) is 0. The summed E-state index contributed by atoms with van der Waals surface area (Å²) >= 11 is 0. The summed E-state index contributed by atoms with van der Waals surface area (Å²) in [6.07, 6.45) is -0.0124. The zero-order valence-corrected chi connectivity index (χ0v) is 11.8. The van der Waals surface area contributed by atoms with Crippen molar-refractivity contribution >= 4 is 6.03 Å². The topological polar surface area (TPSA) is 41.6 Å². The first kappa shape index (κ1) is 13.9. The predicted molar refractivity (Wildman–Crippen MR) is 74.7 cm³/mol. The van der Waals surface area contributed by atoms with Crippen molar-refractivity contribution in [1.29, 1.82) is 0 Å². The van der Waals surface area contributed by atoms with Gasteiger partial charge in [-0.25, -0.2) is 4.79 Å². The molecule has 1 aliphatic rings. The summed E-state index contributed by atoms with van der Waals surface area (Å²) in [4.78, 5) is 13.7. The molecule has 19 heavy (non-hydrogen) atoms. The summed E-state index contributed by atoms with van der Waals surface area (Å²) in [7, 11) is 0. The smallest absolute Gasteiger partial charge is 0.319 e. The molecule has 0 radical (unpaired) electrons. The minimum atomic E-state index is -0.0478. The summed E-state index contributed by atoms with van der Waals surface area (Å²) in [5.41, 5.74) is 1.21. The summed E-state index contributed by atoms with van der Waals surface area (Å²) in [6, 6.07) is 9.96. The minimum Gasteiger partial charge on any atom is -0.351 e. The zero-order chi connectivity index (χ0) is 13.9. The molecule has 0 bridgehead atoms. The van der Waals surface area contributed by atoms with E-state index in [1.54, 1.807) is 4.90 Å². The zero-order valence-electron chi connectivity index (χ0n) is 11.8. The molecular weight excluding hydrogens is 240 g/mol. The number of amides is 2. The Morgan fingerprint density at radius 2 is 2.05 bits per heavy atom. The van der Waals surface area contributed by atoms with Gasteiger partial charge in [0.2, 0.25) is 0 Å². The van der Waals surface area contributed by atoms with Crippen molar-refractivity contribution in [3.05, 3.63) is 35.9 Å². The molecule has 4 nitrogen and oxygen atoms in total. The van der Waals surface area contributed by atoms with Crippen LogP contribution in [0, 0.1) is 5.41 Å². The van der Waals surface area contributed by atoms with Crippen LogP contribution in [0.2, 0.25) is 0 Å². The molecule has 1 aliphatic heterocycles. The van der Waals surface area contributed by atoms with Crippen LogP contribution in [0.5, 0.6) is 0 Å². The SMILES string of the molecule is CC(C)(C)CNC(=O)N1COC(c2ccccc2)C1. The van der Waals surface area contributed by atoms with E-state index in [9.17, 15) is 4.79 Å². The van der Waals surface area contributed by atoms with E-state index in [4.69, 9.17) is 4.74 Å². The largest absolute Gasteiger partial charge is 0.351 e. The number of hydrogen-bond acceptors (Lipinski definition) is 2. The maximum absolute atomic E-state index is 12.0. The number of rotatable bonds is 2. The third-order valence-corrected chi connectivity index (χ3v) is 3.05. The van der Waals surface area contributed by atoms with E-state index in [1.807, 2.05) is 30.3 Å². The Morgan fingerprint density at radius 1 is 1.37 bits per heavy atom. The second-order valence-corrected chi connectivity index (χ2v) is 6.14. The van der Waals surface area contributed by atoms with Gasteiger partial charge in [0, 0.05) is 6.54 Å². The van der Waals surface area contributed by atoms with Gasteiger partial charge in [-0.3, -0.25) is 4.90 Å². The molecule has 0 aromatic heterocycles. The number of carbonyl (C=O) groups is 1. The fourth-order valence-corrected chi connectivity index (χ4v) is 1.95. The second kappa shape index (κ2) is 5.61. The van der Waals surface area contributed by atoms with Crippen molar-refractivity contribution in [1.82, 2.24) is 10.2 Å². The molecule has 0 aliphatic carbocycles. The van der Waals surface area contributed by atoms with Gasteiger partial charge in [-0.1, -0.05) is 51.1 Å². The fourth-order valence-electron chi connectivity index (χ4n) is 1.95. The van der Waals surface area contributed by atoms with Crippen molar-refractivity contribution in [2.75, 3.05) is 19.8 Å². The third-order valence-electron chi connectivity index (χ3n) is 3.05. The highest BCUT2D eigenvalue weighted by atomic mass is 16.5. The van der Waals surface area contributed by atoms with E-state index in [-0.39, 0.29) is 17.6 Å². The molecule has 1 saturated heterocycles. The van der Waals surface area contributed by atoms with Gasteiger partial charge in [0.05, 0.1) is 6.54 Å².